The molecule has 0 radical (unpaired) electrons. The monoisotopic (exact) mass is 245 g/mol. The molecule has 0 aliphatic carbocycles. The summed E-state index contributed by atoms with van der Waals surface area (Å²) in [6.45, 7) is 5.99. The van der Waals surface area contributed by atoms with Gasteiger partial charge >= 0.3 is 5.97 Å². The summed E-state index contributed by atoms with van der Waals surface area (Å²) < 4.78 is 5.32. The first-order valence-corrected chi connectivity index (χ1v) is 6.26. The van der Waals surface area contributed by atoms with E-state index in [1.54, 1.807) is 0 Å². The van der Waals surface area contributed by atoms with Crippen LogP contribution in [-0.2, 0) is 9.53 Å². The van der Waals surface area contributed by atoms with Crippen LogP contribution in [0.1, 0.15) is 31.4 Å². The fourth-order valence-electron chi connectivity index (χ4n) is 2.23. The van der Waals surface area contributed by atoms with Gasteiger partial charge in [0.05, 0.1) is 6.04 Å². The predicted octanol–water partition coefficient (Wildman–Crippen LogP) is 2.60. The Labute approximate surface area is 108 Å². The molecule has 0 unspecified atom stereocenters. The second kappa shape index (κ2) is 5.36. The molecule has 1 fully saturated rings. The largest absolute Gasteiger partial charge is 0.462 e. The van der Waals surface area contributed by atoms with E-state index in [-0.39, 0.29) is 12.0 Å². The second-order valence-corrected chi connectivity index (χ2v) is 4.87. The van der Waals surface area contributed by atoms with Crippen molar-refractivity contribution >= 4 is 5.97 Å². The first kappa shape index (κ1) is 12.8. The van der Waals surface area contributed by atoms with E-state index in [1.165, 1.54) is 0 Å². The first-order chi connectivity index (χ1) is 8.65. The molecule has 96 valence electrons. The van der Waals surface area contributed by atoms with Gasteiger partial charge in [-0.1, -0.05) is 36.4 Å². The van der Waals surface area contributed by atoms with Crippen LogP contribution in [-0.4, -0.2) is 18.1 Å². The lowest BCUT2D eigenvalue weighted by atomic mass is 9.91. The van der Waals surface area contributed by atoms with Crippen LogP contribution >= 0.6 is 0 Å². The number of hydrogen-bond donors (Lipinski definition) is 1. The highest BCUT2D eigenvalue weighted by Gasteiger charge is 2.40. The van der Waals surface area contributed by atoms with Gasteiger partial charge < -0.3 is 4.74 Å². The number of hydrogen-bond acceptors (Lipinski definition) is 3. The number of nitrogens with one attached hydrogen (secondary N) is 1. The van der Waals surface area contributed by atoms with Crippen molar-refractivity contribution < 1.29 is 9.53 Å². The molecule has 1 N–H and O–H groups in total. The summed E-state index contributed by atoms with van der Waals surface area (Å²) in [7, 11) is 0. The Balaban J connectivity index is 2.13. The van der Waals surface area contributed by atoms with E-state index in [4.69, 9.17) is 4.74 Å². The molecule has 2 atom stereocenters. The summed E-state index contributed by atoms with van der Waals surface area (Å²) in [5.74, 6) is -0.170. The van der Waals surface area contributed by atoms with Crippen LogP contribution < -0.4 is 5.32 Å². The number of ether oxygens (including phenoxy) is 1. The average molecular weight is 245 g/mol. The Morgan fingerprint density at radius 3 is 2.89 bits per heavy atom. The zero-order valence-corrected chi connectivity index (χ0v) is 10.7. The first-order valence-electron chi connectivity index (χ1n) is 6.26. The zero-order valence-electron chi connectivity index (χ0n) is 10.7. The van der Waals surface area contributed by atoms with Gasteiger partial charge in [0.1, 0.15) is 12.1 Å². The third kappa shape index (κ3) is 2.62. The molecule has 0 amide bonds. The minimum Gasteiger partial charge on any atom is -0.462 e. The maximum absolute atomic E-state index is 11.9. The summed E-state index contributed by atoms with van der Waals surface area (Å²) in [5, 5.41) is 3.41. The number of carbonyl (C=O) groups is 1. The highest BCUT2D eigenvalue weighted by atomic mass is 16.5. The molecule has 0 bridgehead atoms. The number of morpholine rings is 1. The zero-order chi connectivity index (χ0) is 13.0. The summed E-state index contributed by atoms with van der Waals surface area (Å²) >= 11 is 0. The molecule has 0 spiro atoms. The molecule has 3 nitrogen and oxygen atoms in total. The van der Waals surface area contributed by atoms with Crippen molar-refractivity contribution in [2.45, 2.75) is 31.3 Å². The number of rotatable bonds is 4. The van der Waals surface area contributed by atoms with Crippen LogP contribution in [0.3, 0.4) is 0 Å². The van der Waals surface area contributed by atoms with Gasteiger partial charge in [0.2, 0.25) is 0 Å². The minimum atomic E-state index is -0.618. The van der Waals surface area contributed by atoms with Gasteiger partial charge in [0.15, 0.2) is 0 Å². The van der Waals surface area contributed by atoms with E-state index in [0.29, 0.717) is 13.0 Å². The Morgan fingerprint density at radius 1 is 1.50 bits per heavy atom. The predicted molar refractivity (Wildman–Crippen MR) is 71.1 cm³/mol. The van der Waals surface area contributed by atoms with Crippen LogP contribution in [0.4, 0.5) is 0 Å². The van der Waals surface area contributed by atoms with Crippen molar-refractivity contribution in [2.75, 3.05) is 6.61 Å². The average Bonchev–Trinajstić information content (AvgIpc) is 2.41. The molecule has 1 aliphatic heterocycles. The number of carbonyl (C=O) groups excluding carboxylic acids is 1. The van der Waals surface area contributed by atoms with Gasteiger partial charge in [-0.25, -0.2) is 0 Å². The normalized spacial score (nSPS) is 27.6. The third-order valence-corrected chi connectivity index (χ3v) is 3.37. The van der Waals surface area contributed by atoms with E-state index < -0.39 is 5.54 Å². The summed E-state index contributed by atoms with van der Waals surface area (Å²) in [6.07, 6.45) is 3.32. The van der Waals surface area contributed by atoms with E-state index >= 15 is 0 Å². The van der Waals surface area contributed by atoms with Gasteiger partial charge in [0, 0.05) is 0 Å². The van der Waals surface area contributed by atoms with E-state index in [2.05, 4.69) is 11.9 Å². The Hall–Kier alpha value is -1.61. The summed E-state index contributed by atoms with van der Waals surface area (Å²) in [5.41, 5.74) is 0.530. The summed E-state index contributed by atoms with van der Waals surface area (Å²) in [6, 6.07) is 10.1. The number of cyclic esters (lactones) is 1. The molecule has 1 heterocycles. The van der Waals surface area contributed by atoms with Crippen molar-refractivity contribution in [3.8, 4) is 0 Å². The lowest BCUT2D eigenvalue weighted by Crippen LogP contribution is -2.56. The van der Waals surface area contributed by atoms with Gasteiger partial charge in [-0.15, -0.1) is 6.58 Å². The van der Waals surface area contributed by atoms with E-state index in [9.17, 15) is 4.79 Å². The van der Waals surface area contributed by atoms with Crippen LogP contribution in [0.15, 0.2) is 43.0 Å². The maximum atomic E-state index is 11.9. The number of benzene rings is 1. The van der Waals surface area contributed by atoms with Crippen LogP contribution in [0.5, 0.6) is 0 Å². The molecule has 1 saturated heterocycles. The Bertz CT molecular complexity index is 429. The molecule has 1 aromatic rings. The van der Waals surface area contributed by atoms with E-state index in [0.717, 1.165) is 12.0 Å². The van der Waals surface area contributed by atoms with Crippen molar-refractivity contribution in [1.82, 2.24) is 5.32 Å². The van der Waals surface area contributed by atoms with Crippen LogP contribution in [0, 0.1) is 0 Å². The Morgan fingerprint density at radius 2 is 2.22 bits per heavy atom. The number of allylic oxidation sites excluding steroid dienone is 1. The van der Waals surface area contributed by atoms with Gasteiger partial charge in [-0.3, -0.25) is 10.1 Å². The highest BCUT2D eigenvalue weighted by molar-refractivity contribution is 5.81. The lowest BCUT2D eigenvalue weighted by molar-refractivity contribution is -0.158. The SMILES string of the molecule is C=CCC[C@@]1(C)N[C@H](c2ccccc2)COC1=O. The second-order valence-electron chi connectivity index (χ2n) is 4.87. The van der Waals surface area contributed by atoms with Crippen molar-refractivity contribution in [1.29, 1.82) is 0 Å². The molecule has 0 aromatic heterocycles. The maximum Gasteiger partial charge on any atom is 0.326 e. The molecule has 3 heteroatoms. The fourth-order valence-corrected chi connectivity index (χ4v) is 2.23. The van der Waals surface area contributed by atoms with Crippen LogP contribution in [0.25, 0.3) is 0 Å². The quantitative estimate of drug-likeness (QED) is 0.654. The topological polar surface area (TPSA) is 38.3 Å². The van der Waals surface area contributed by atoms with Crippen LogP contribution in [0.2, 0.25) is 0 Å². The lowest BCUT2D eigenvalue weighted by Gasteiger charge is -2.38. The highest BCUT2D eigenvalue weighted by Crippen LogP contribution is 2.26. The molecule has 1 aromatic carbocycles. The molecule has 2 rings (SSSR count). The van der Waals surface area contributed by atoms with Gasteiger partial charge in [0.25, 0.3) is 0 Å². The minimum absolute atomic E-state index is 0.0683. The summed E-state index contributed by atoms with van der Waals surface area (Å²) in [4.78, 5) is 11.9. The fraction of sp³-hybridized carbons (Fsp3) is 0.400. The third-order valence-electron chi connectivity index (χ3n) is 3.37. The number of esters is 1. The Kier molecular flexibility index (Phi) is 3.82. The smallest absolute Gasteiger partial charge is 0.326 e. The van der Waals surface area contributed by atoms with Gasteiger partial charge in [-0.05, 0) is 25.3 Å². The molecule has 1 aliphatic rings. The molecule has 18 heavy (non-hydrogen) atoms. The standard InChI is InChI=1S/C15H19NO2/c1-3-4-10-15(2)14(17)18-11-13(16-15)12-8-6-5-7-9-12/h3,5-9,13,16H,1,4,10-11H2,2H3/t13-,15+/m0/s1. The van der Waals surface area contributed by atoms with Gasteiger partial charge in [-0.2, -0.15) is 0 Å². The molecule has 0 saturated carbocycles. The van der Waals surface area contributed by atoms with E-state index in [1.807, 2.05) is 43.3 Å². The molecular formula is C15H19NO2. The van der Waals surface area contributed by atoms with Crippen molar-refractivity contribution in [3.05, 3.63) is 48.6 Å². The van der Waals surface area contributed by atoms with Crippen molar-refractivity contribution in [3.63, 3.8) is 0 Å². The van der Waals surface area contributed by atoms with Crippen molar-refractivity contribution in [2.24, 2.45) is 0 Å². The molecular weight excluding hydrogens is 226 g/mol.